The molecule has 0 saturated carbocycles. The molecule has 0 saturated heterocycles. The Bertz CT molecular complexity index is 919. The van der Waals surface area contributed by atoms with Crippen LogP contribution in [0.5, 0.6) is 5.75 Å². The summed E-state index contributed by atoms with van der Waals surface area (Å²) in [6.45, 7) is 5.29. The fourth-order valence-electron chi connectivity index (χ4n) is 2.90. The fraction of sp³-hybridized carbons (Fsp3) is 0.278. The number of fused-ring (bicyclic) bond motifs is 1. The van der Waals surface area contributed by atoms with Crippen molar-refractivity contribution in [2.45, 2.75) is 33.3 Å². The summed E-state index contributed by atoms with van der Waals surface area (Å²) < 4.78 is 5.58. The number of carboxylic acids is 1. The van der Waals surface area contributed by atoms with E-state index in [4.69, 9.17) is 4.74 Å². The van der Waals surface area contributed by atoms with Gasteiger partial charge in [0.2, 0.25) is 0 Å². The number of carbonyl (C=O) groups excluding carboxylic acids is 2. The van der Waals surface area contributed by atoms with E-state index in [0.717, 1.165) is 4.88 Å². The Kier molecular flexibility index (Phi) is 4.69. The topological polar surface area (TPSA) is 105 Å². The van der Waals surface area contributed by atoms with Crippen LogP contribution in [0.25, 0.3) is 0 Å². The highest BCUT2D eigenvalue weighted by Gasteiger charge is 2.29. The van der Waals surface area contributed by atoms with Crippen LogP contribution >= 0.6 is 11.3 Å². The number of anilines is 2. The predicted molar refractivity (Wildman–Crippen MR) is 98.5 cm³/mol. The molecule has 2 heterocycles. The third kappa shape index (κ3) is 3.03. The van der Waals surface area contributed by atoms with Crippen LogP contribution in [0.3, 0.4) is 0 Å². The summed E-state index contributed by atoms with van der Waals surface area (Å²) in [7, 11) is 0. The van der Waals surface area contributed by atoms with Crippen LogP contribution in [0, 0.1) is 6.92 Å². The summed E-state index contributed by atoms with van der Waals surface area (Å²) in [5.74, 6) is -1.58. The third-order valence-electron chi connectivity index (χ3n) is 4.18. The number of hydrogen-bond donors (Lipinski definition) is 3. The largest absolute Gasteiger partial charge is 0.478 e. The molecule has 0 fully saturated rings. The van der Waals surface area contributed by atoms with Crippen molar-refractivity contribution in [3.8, 4) is 5.75 Å². The molecule has 1 aromatic carbocycles. The molecule has 1 aromatic heterocycles. The Morgan fingerprint density at radius 3 is 2.77 bits per heavy atom. The average molecular weight is 374 g/mol. The molecule has 0 radical (unpaired) electrons. The van der Waals surface area contributed by atoms with Gasteiger partial charge in [-0.2, -0.15) is 0 Å². The van der Waals surface area contributed by atoms with Crippen LogP contribution in [0.1, 0.15) is 45.0 Å². The number of carboxylic acid groups (broad SMARTS) is 1. The quantitative estimate of drug-likeness (QED) is 0.762. The standard InChI is InChI=1S/C18H18N2O5S/c1-4-10-9(3)26-17(13(10)18(23)24)20-16(22)11-6-5-7-12-14(11)25-8(2)15(21)19-12/h5-8H,4H2,1-3H3,(H,19,21)(H,20,22)(H,23,24). The Morgan fingerprint density at radius 1 is 1.38 bits per heavy atom. The van der Waals surface area contributed by atoms with E-state index in [-0.39, 0.29) is 22.8 Å². The molecular weight excluding hydrogens is 356 g/mol. The Morgan fingerprint density at radius 2 is 2.12 bits per heavy atom. The molecule has 1 aliphatic rings. The first-order valence-corrected chi connectivity index (χ1v) is 8.92. The van der Waals surface area contributed by atoms with Crippen LogP contribution in [0.15, 0.2) is 18.2 Å². The number of rotatable bonds is 4. The van der Waals surface area contributed by atoms with Crippen LogP contribution in [-0.2, 0) is 11.2 Å². The highest BCUT2D eigenvalue weighted by Crippen LogP contribution is 2.36. The smallest absolute Gasteiger partial charge is 0.339 e. The Balaban J connectivity index is 1.97. The number of para-hydroxylation sites is 1. The first-order chi connectivity index (χ1) is 12.3. The maximum absolute atomic E-state index is 12.8. The van der Waals surface area contributed by atoms with Gasteiger partial charge >= 0.3 is 5.97 Å². The van der Waals surface area contributed by atoms with Gasteiger partial charge in [0.25, 0.3) is 11.8 Å². The molecule has 1 aliphatic heterocycles. The second kappa shape index (κ2) is 6.80. The van der Waals surface area contributed by atoms with Crippen LogP contribution in [0.2, 0.25) is 0 Å². The van der Waals surface area contributed by atoms with Crippen LogP contribution < -0.4 is 15.4 Å². The number of amides is 2. The molecule has 0 bridgehead atoms. The SMILES string of the molecule is CCc1c(C)sc(NC(=O)c2cccc3c2OC(C)C(=O)N3)c1C(=O)O. The summed E-state index contributed by atoms with van der Waals surface area (Å²) in [6.07, 6.45) is -0.158. The number of aromatic carboxylic acids is 1. The Labute approximate surface area is 154 Å². The first kappa shape index (κ1) is 17.9. The molecule has 26 heavy (non-hydrogen) atoms. The molecule has 3 N–H and O–H groups in total. The van der Waals surface area contributed by atoms with Gasteiger partial charge in [-0.3, -0.25) is 9.59 Å². The lowest BCUT2D eigenvalue weighted by Crippen LogP contribution is -2.35. The molecule has 136 valence electrons. The van der Waals surface area contributed by atoms with Gasteiger partial charge in [0.05, 0.1) is 16.8 Å². The Hall–Kier alpha value is -2.87. The van der Waals surface area contributed by atoms with Gasteiger partial charge in [-0.25, -0.2) is 4.79 Å². The van der Waals surface area contributed by atoms with Gasteiger partial charge in [0.15, 0.2) is 11.9 Å². The van der Waals surface area contributed by atoms with E-state index >= 15 is 0 Å². The molecule has 1 atom stereocenters. The number of benzene rings is 1. The maximum Gasteiger partial charge on any atom is 0.339 e. The van der Waals surface area contributed by atoms with Crippen molar-refractivity contribution in [3.05, 3.63) is 39.8 Å². The number of hydrogen-bond acceptors (Lipinski definition) is 5. The number of aryl methyl sites for hydroxylation is 1. The summed E-state index contributed by atoms with van der Waals surface area (Å²) in [6, 6.07) is 4.84. The minimum Gasteiger partial charge on any atom is -0.478 e. The van der Waals surface area contributed by atoms with E-state index in [1.807, 2.05) is 13.8 Å². The van der Waals surface area contributed by atoms with Gasteiger partial charge in [-0.1, -0.05) is 13.0 Å². The van der Waals surface area contributed by atoms with E-state index in [0.29, 0.717) is 22.7 Å². The second-order valence-electron chi connectivity index (χ2n) is 5.89. The van der Waals surface area contributed by atoms with E-state index in [2.05, 4.69) is 10.6 Å². The molecular formula is C18H18N2O5S. The number of nitrogens with one attached hydrogen (secondary N) is 2. The van der Waals surface area contributed by atoms with E-state index in [9.17, 15) is 19.5 Å². The van der Waals surface area contributed by atoms with Crippen molar-refractivity contribution >= 4 is 39.8 Å². The zero-order valence-electron chi connectivity index (χ0n) is 14.5. The molecule has 8 heteroatoms. The number of ether oxygens (including phenoxy) is 1. The molecule has 0 aliphatic carbocycles. The predicted octanol–water partition coefficient (Wildman–Crippen LogP) is 3.29. The first-order valence-electron chi connectivity index (χ1n) is 8.10. The van der Waals surface area contributed by atoms with Crippen molar-refractivity contribution in [2.75, 3.05) is 10.6 Å². The summed E-state index contributed by atoms with van der Waals surface area (Å²) in [5, 5.41) is 15.2. The zero-order chi connectivity index (χ0) is 19.0. The average Bonchev–Trinajstić information content (AvgIpc) is 2.90. The summed E-state index contributed by atoms with van der Waals surface area (Å²) in [4.78, 5) is 37.0. The lowest BCUT2D eigenvalue weighted by molar-refractivity contribution is -0.122. The van der Waals surface area contributed by atoms with Gasteiger partial charge in [0.1, 0.15) is 5.00 Å². The summed E-state index contributed by atoms with van der Waals surface area (Å²) >= 11 is 1.23. The van der Waals surface area contributed by atoms with Crippen molar-refractivity contribution < 1.29 is 24.2 Å². The second-order valence-corrected chi connectivity index (χ2v) is 7.11. The lowest BCUT2D eigenvalue weighted by atomic mass is 10.1. The highest BCUT2D eigenvalue weighted by molar-refractivity contribution is 7.16. The molecule has 3 rings (SSSR count). The summed E-state index contributed by atoms with van der Waals surface area (Å²) in [5.41, 5.74) is 1.48. The van der Waals surface area contributed by atoms with Gasteiger partial charge < -0.3 is 20.5 Å². The van der Waals surface area contributed by atoms with E-state index in [1.165, 1.54) is 11.3 Å². The number of thiophene rings is 1. The molecule has 2 amide bonds. The van der Waals surface area contributed by atoms with Crippen LogP contribution in [0.4, 0.5) is 10.7 Å². The fourth-order valence-corrected chi connectivity index (χ4v) is 4.03. The highest BCUT2D eigenvalue weighted by atomic mass is 32.1. The monoisotopic (exact) mass is 374 g/mol. The van der Waals surface area contributed by atoms with E-state index < -0.39 is 18.0 Å². The third-order valence-corrected chi connectivity index (χ3v) is 5.25. The molecule has 0 spiro atoms. The van der Waals surface area contributed by atoms with Gasteiger partial charge in [0, 0.05) is 4.88 Å². The minimum atomic E-state index is -1.08. The zero-order valence-corrected chi connectivity index (χ0v) is 15.3. The molecule has 2 aromatic rings. The van der Waals surface area contributed by atoms with E-state index in [1.54, 1.807) is 25.1 Å². The minimum absolute atomic E-state index is 0.121. The van der Waals surface area contributed by atoms with Gasteiger partial charge in [-0.15, -0.1) is 11.3 Å². The van der Waals surface area contributed by atoms with Crippen molar-refractivity contribution in [2.24, 2.45) is 0 Å². The van der Waals surface area contributed by atoms with Crippen LogP contribution in [-0.4, -0.2) is 29.0 Å². The maximum atomic E-state index is 12.8. The number of carbonyl (C=O) groups is 3. The normalized spacial score (nSPS) is 15.7. The van der Waals surface area contributed by atoms with Crippen molar-refractivity contribution in [3.63, 3.8) is 0 Å². The molecule has 7 nitrogen and oxygen atoms in total. The van der Waals surface area contributed by atoms with Gasteiger partial charge in [-0.05, 0) is 38.0 Å². The van der Waals surface area contributed by atoms with Crippen molar-refractivity contribution in [1.29, 1.82) is 0 Å². The van der Waals surface area contributed by atoms with Crippen molar-refractivity contribution in [1.82, 2.24) is 0 Å². The lowest BCUT2D eigenvalue weighted by Gasteiger charge is -2.25. The molecule has 1 unspecified atom stereocenters.